The van der Waals surface area contributed by atoms with Crippen molar-refractivity contribution in [2.24, 2.45) is 0 Å². The lowest BCUT2D eigenvalue weighted by molar-refractivity contribution is 0.102. The van der Waals surface area contributed by atoms with Gasteiger partial charge in [-0.05, 0) is 35.7 Å². The smallest absolute Gasteiger partial charge is 0.258 e. The van der Waals surface area contributed by atoms with E-state index in [1.807, 2.05) is 62.4 Å². The molecule has 0 atom stereocenters. The van der Waals surface area contributed by atoms with Crippen LogP contribution in [0.1, 0.15) is 35.8 Å². The van der Waals surface area contributed by atoms with E-state index in [9.17, 15) is 13.6 Å². The first-order valence-electron chi connectivity index (χ1n) is 9.94. The van der Waals surface area contributed by atoms with E-state index in [1.165, 1.54) is 6.07 Å². The van der Waals surface area contributed by atoms with Crippen molar-refractivity contribution >= 4 is 11.6 Å². The van der Waals surface area contributed by atoms with E-state index in [1.54, 1.807) is 6.20 Å². The Hall–Kier alpha value is -3.80. The number of aromatic nitrogens is 2. The van der Waals surface area contributed by atoms with Crippen molar-refractivity contribution in [3.63, 3.8) is 0 Å². The lowest BCUT2D eigenvalue weighted by atomic mass is 9.95. The quantitative estimate of drug-likeness (QED) is 0.395. The Kier molecular flexibility index (Phi) is 5.62. The normalized spacial score (nSPS) is 11.0. The number of hydrogen-bond donors (Lipinski definition) is 2. The molecule has 2 N–H and O–H groups in total. The second-order valence-corrected chi connectivity index (χ2v) is 7.48. The Balaban J connectivity index is 1.91. The molecule has 156 valence electrons. The summed E-state index contributed by atoms with van der Waals surface area (Å²) in [5.74, 6) is -2.03. The molecular formula is C25H21F2N3O. The summed E-state index contributed by atoms with van der Waals surface area (Å²) < 4.78 is 27.5. The fraction of sp³-hybridized carbons (Fsp3) is 0.120. The third-order valence-electron chi connectivity index (χ3n) is 5.00. The summed E-state index contributed by atoms with van der Waals surface area (Å²) in [5.41, 5.74) is 3.94. The molecule has 0 radical (unpaired) electrons. The first kappa shape index (κ1) is 20.5. The van der Waals surface area contributed by atoms with Crippen molar-refractivity contribution in [2.75, 3.05) is 5.32 Å². The highest BCUT2D eigenvalue weighted by atomic mass is 19.1. The molecule has 0 spiro atoms. The zero-order valence-electron chi connectivity index (χ0n) is 17.1. The fourth-order valence-corrected chi connectivity index (χ4v) is 3.56. The summed E-state index contributed by atoms with van der Waals surface area (Å²) in [6, 6.07) is 18.1. The standard InChI is InChI=1S/C25H21F2N3O/c1-15(2)23-22(25(31)29-19-12-11-17(26)14-18(19)27)21(16-8-4-3-5-9-16)24(30-23)20-10-6-7-13-28-20/h3-15,30H,1-2H3,(H,29,31). The van der Waals surface area contributed by atoms with Crippen molar-refractivity contribution in [1.82, 2.24) is 9.97 Å². The maximum atomic E-state index is 14.2. The van der Waals surface area contributed by atoms with Gasteiger partial charge in [-0.15, -0.1) is 0 Å². The maximum Gasteiger partial charge on any atom is 0.258 e. The number of carbonyl (C=O) groups is 1. The van der Waals surface area contributed by atoms with E-state index in [-0.39, 0.29) is 11.6 Å². The Labute approximate surface area is 179 Å². The number of carbonyl (C=O) groups excluding carboxylic acids is 1. The molecule has 1 amide bonds. The van der Waals surface area contributed by atoms with Gasteiger partial charge in [0.15, 0.2) is 0 Å². The van der Waals surface area contributed by atoms with Crippen molar-refractivity contribution < 1.29 is 13.6 Å². The van der Waals surface area contributed by atoms with Crippen LogP contribution < -0.4 is 5.32 Å². The summed E-state index contributed by atoms with van der Waals surface area (Å²) >= 11 is 0. The number of halogens is 2. The second kappa shape index (κ2) is 8.52. The third kappa shape index (κ3) is 4.10. The molecule has 0 aliphatic heterocycles. The van der Waals surface area contributed by atoms with Gasteiger partial charge in [0.2, 0.25) is 0 Å². The minimum Gasteiger partial charge on any atom is -0.356 e. The van der Waals surface area contributed by atoms with E-state index in [0.717, 1.165) is 17.7 Å². The zero-order valence-corrected chi connectivity index (χ0v) is 17.1. The molecular weight excluding hydrogens is 396 g/mol. The van der Waals surface area contributed by atoms with Crippen molar-refractivity contribution in [2.45, 2.75) is 19.8 Å². The van der Waals surface area contributed by atoms with Crippen LogP contribution in [0.2, 0.25) is 0 Å². The molecule has 0 bridgehead atoms. The molecule has 0 saturated carbocycles. The Morgan fingerprint density at radius 2 is 1.74 bits per heavy atom. The van der Waals surface area contributed by atoms with Crippen LogP contribution in [0.25, 0.3) is 22.5 Å². The molecule has 0 aliphatic carbocycles. The largest absolute Gasteiger partial charge is 0.356 e. The number of pyridine rings is 1. The van der Waals surface area contributed by atoms with Crippen LogP contribution in [0.3, 0.4) is 0 Å². The van der Waals surface area contributed by atoms with Crippen molar-refractivity contribution in [3.8, 4) is 22.5 Å². The van der Waals surface area contributed by atoms with Crippen LogP contribution in [0.15, 0.2) is 72.9 Å². The SMILES string of the molecule is CC(C)c1[nH]c(-c2ccccn2)c(-c2ccccc2)c1C(=O)Nc1ccc(F)cc1F. The maximum absolute atomic E-state index is 14.2. The predicted molar refractivity (Wildman–Crippen MR) is 118 cm³/mol. The molecule has 2 aromatic heterocycles. The summed E-state index contributed by atoms with van der Waals surface area (Å²) in [7, 11) is 0. The summed E-state index contributed by atoms with van der Waals surface area (Å²) in [6.45, 7) is 3.94. The fourth-order valence-electron chi connectivity index (χ4n) is 3.56. The molecule has 0 unspecified atom stereocenters. The minimum atomic E-state index is -0.832. The van der Waals surface area contributed by atoms with E-state index in [2.05, 4.69) is 15.3 Å². The van der Waals surface area contributed by atoms with Crippen LogP contribution in [0.4, 0.5) is 14.5 Å². The van der Waals surface area contributed by atoms with E-state index < -0.39 is 17.5 Å². The van der Waals surface area contributed by atoms with Gasteiger partial charge >= 0.3 is 0 Å². The van der Waals surface area contributed by atoms with Gasteiger partial charge in [-0.2, -0.15) is 0 Å². The number of amides is 1. The van der Waals surface area contributed by atoms with E-state index in [4.69, 9.17) is 0 Å². The number of aromatic amines is 1. The number of hydrogen-bond acceptors (Lipinski definition) is 2. The first-order valence-corrected chi connectivity index (χ1v) is 9.94. The van der Waals surface area contributed by atoms with Gasteiger partial charge in [-0.1, -0.05) is 50.2 Å². The van der Waals surface area contributed by atoms with Gasteiger partial charge in [0.05, 0.1) is 22.6 Å². The third-order valence-corrected chi connectivity index (χ3v) is 5.00. The van der Waals surface area contributed by atoms with Crippen LogP contribution >= 0.6 is 0 Å². The molecule has 0 saturated heterocycles. The Morgan fingerprint density at radius 3 is 2.39 bits per heavy atom. The molecule has 4 rings (SSSR count). The zero-order chi connectivity index (χ0) is 22.0. The highest BCUT2D eigenvalue weighted by Gasteiger charge is 2.27. The van der Waals surface area contributed by atoms with Gasteiger partial charge in [-0.3, -0.25) is 9.78 Å². The molecule has 2 aromatic carbocycles. The second-order valence-electron chi connectivity index (χ2n) is 7.48. The number of nitrogens with zero attached hydrogens (tertiary/aromatic N) is 1. The van der Waals surface area contributed by atoms with Gasteiger partial charge in [-0.25, -0.2) is 8.78 Å². The average molecular weight is 417 g/mol. The lowest BCUT2D eigenvalue weighted by Crippen LogP contribution is -2.16. The number of H-pyrrole nitrogens is 1. The number of rotatable bonds is 5. The predicted octanol–water partition coefficient (Wildman–Crippen LogP) is 6.40. The van der Waals surface area contributed by atoms with E-state index >= 15 is 0 Å². The molecule has 0 fully saturated rings. The number of benzene rings is 2. The minimum absolute atomic E-state index is 0.0151. The number of nitrogens with one attached hydrogen (secondary N) is 2. The Bertz CT molecular complexity index is 1220. The van der Waals surface area contributed by atoms with E-state index in [0.29, 0.717) is 28.2 Å². The monoisotopic (exact) mass is 417 g/mol. The molecule has 4 nitrogen and oxygen atoms in total. The Morgan fingerprint density at radius 1 is 1.00 bits per heavy atom. The van der Waals surface area contributed by atoms with Gasteiger partial charge in [0.25, 0.3) is 5.91 Å². The van der Waals surface area contributed by atoms with Crippen molar-refractivity contribution in [1.29, 1.82) is 0 Å². The van der Waals surface area contributed by atoms with Crippen LogP contribution in [-0.2, 0) is 0 Å². The topological polar surface area (TPSA) is 57.8 Å². The molecule has 2 heterocycles. The summed E-state index contributed by atoms with van der Waals surface area (Å²) in [4.78, 5) is 21.2. The first-order chi connectivity index (χ1) is 15.0. The molecule has 31 heavy (non-hydrogen) atoms. The molecule has 6 heteroatoms. The molecule has 0 aliphatic rings. The van der Waals surface area contributed by atoms with Gasteiger partial charge in [0, 0.05) is 23.5 Å². The summed E-state index contributed by atoms with van der Waals surface area (Å²) in [6.07, 6.45) is 1.69. The van der Waals surface area contributed by atoms with Crippen LogP contribution in [0.5, 0.6) is 0 Å². The van der Waals surface area contributed by atoms with Crippen LogP contribution in [0, 0.1) is 11.6 Å². The number of anilines is 1. The highest BCUT2D eigenvalue weighted by Crippen LogP contribution is 2.39. The van der Waals surface area contributed by atoms with Gasteiger partial charge < -0.3 is 10.3 Å². The average Bonchev–Trinajstić information content (AvgIpc) is 3.18. The van der Waals surface area contributed by atoms with Crippen LogP contribution in [-0.4, -0.2) is 15.9 Å². The molecule has 4 aromatic rings. The lowest BCUT2D eigenvalue weighted by Gasteiger charge is -2.12. The highest BCUT2D eigenvalue weighted by molar-refractivity contribution is 6.12. The summed E-state index contributed by atoms with van der Waals surface area (Å²) in [5, 5.41) is 2.60. The van der Waals surface area contributed by atoms with Gasteiger partial charge in [0.1, 0.15) is 11.6 Å². The van der Waals surface area contributed by atoms with Crippen molar-refractivity contribution in [3.05, 3.63) is 95.8 Å².